The highest BCUT2D eigenvalue weighted by Gasteiger charge is 2.22. The number of aromatic nitrogens is 5. The summed E-state index contributed by atoms with van der Waals surface area (Å²) in [6, 6.07) is 12.0. The fourth-order valence-corrected chi connectivity index (χ4v) is 3.91. The molecule has 4 aromatic heterocycles. The second-order valence-corrected chi connectivity index (χ2v) is 7.28. The summed E-state index contributed by atoms with van der Waals surface area (Å²) in [6.45, 7) is 1.87. The third kappa shape index (κ3) is 2.73. The zero-order chi connectivity index (χ0) is 19.3. The van der Waals surface area contributed by atoms with Crippen LogP contribution in [0, 0.1) is 12.7 Å². The highest BCUT2D eigenvalue weighted by Crippen LogP contribution is 2.31. The fraction of sp³-hybridized carbons (Fsp3) is 0.100. The second-order valence-electron chi connectivity index (χ2n) is 6.48. The number of pyridine rings is 2. The van der Waals surface area contributed by atoms with Crippen LogP contribution in [0.25, 0.3) is 27.0 Å². The molecule has 0 saturated heterocycles. The van der Waals surface area contributed by atoms with Crippen molar-refractivity contribution in [3.63, 3.8) is 0 Å². The molecule has 0 fully saturated rings. The van der Waals surface area contributed by atoms with Crippen LogP contribution in [0.15, 0.2) is 54.9 Å². The van der Waals surface area contributed by atoms with Crippen molar-refractivity contribution >= 4 is 28.1 Å². The Hall–Kier alpha value is -3.26. The number of hydrogen-bond donors (Lipinski definition) is 0. The molecule has 5 aromatic rings. The monoisotopic (exact) mass is 393 g/mol. The Kier molecular flexibility index (Phi) is 3.87. The van der Waals surface area contributed by atoms with Crippen LogP contribution in [0.4, 0.5) is 8.78 Å². The Morgan fingerprint density at radius 2 is 2.00 bits per heavy atom. The topological polar surface area (TPSA) is 56.0 Å². The number of hydrogen-bond acceptors (Lipinski definition) is 5. The van der Waals surface area contributed by atoms with Crippen molar-refractivity contribution < 1.29 is 8.78 Å². The van der Waals surface area contributed by atoms with E-state index in [1.165, 1.54) is 22.0 Å². The van der Waals surface area contributed by atoms with E-state index in [1.54, 1.807) is 36.7 Å². The quantitative estimate of drug-likeness (QED) is 0.437. The van der Waals surface area contributed by atoms with Crippen LogP contribution >= 0.6 is 11.5 Å². The Balaban J connectivity index is 1.64. The van der Waals surface area contributed by atoms with E-state index in [2.05, 4.69) is 19.6 Å². The van der Waals surface area contributed by atoms with Gasteiger partial charge in [-0.2, -0.15) is 4.37 Å². The predicted octanol–water partition coefficient (Wildman–Crippen LogP) is 4.91. The van der Waals surface area contributed by atoms with Crippen LogP contribution in [0.2, 0.25) is 0 Å². The average molecular weight is 393 g/mol. The molecule has 0 N–H and O–H groups in total. The molecule has 5 nitrogen and oxygen atoms in total. The van der Waals surface area contributed by atoms with E-state index < -0.39 is 12.0 Å². The van der Waals surface area contributed by atoms with Gasteiger partial charge in [-0.25, -0.2) is 8.78 Å². The third-order valence-electron chi connectivity index (χ3n) is 4.55. The largest absolute Gasteiger partial charge is 0.281 e. The van der Waals surface area contributed by atoms with E-state index in [4.69, 9.17) is 0 Å². The first-order valence-corrected chi connectivity index (χ1v) is 9.34. The van der Waals surface area contributed by atoms with Crippen molar-refractivity contribution in [1.82, 2.24) is 24.0 Å². The van der Waals surface area contributed by atoms with Crippen molar-refractivity contribution in [2.24, 2.45) is 0 Å². The molecule has 1 atom stereocenters. The summed E-state index contributed by atoms with van der Waals surface area (Å²) in [4.78, 5) is 5.04. The number of nitrogens with zero attached hydrogens (tertiary/aromatic N) is 5. The standard InChI is InChI=1S/C20H13F2N5S/c1-11-7-17(28-26-11)14-9-15(21)19-24-25-20(27(19)10-14)18(22)13-4-5-16-12(8-13)3-2-6-23-16/h2-10,18H,1H3. The molecule has 0 aliphatic heterocycles. The first-order chi connectivity index (χ1) is 13.6. The van der Waals surface area contributed by atoms with Crippen molar-refractivity contribution in [2.75, 3.05) is 0 Å². The first-order valence-electron chi connectivity index (χ1n) is 8.57. The van der Waals surface area contributed by atoms with Gasteiger partial charge in [0.2, 0.25) is 0 Å². The molecule has 0 aliphatic rings. The zero-order valence-corrected chi connectivity index (χ0v) is 15.5. The highest BCUT2D eigenvalue weighted by atomic mass is 32.1. The Morgan fingerprint density at radius 3 is 2.82 bits per heavy atom. The summed E-state index contributed by atoms with van der Waals surface area (Å²) in [6.07, 6.45) is 1.78. The lowest BCUT2D eigenvalue weighted by Gasteiger charge is -2.09. The molecule has 4 heterocycles. The molecule has 0 spiro atoms. The second kappa shape index (κ2) is 6.42. The predicted molar refractivity (Wildman–Crippen MR) is 103 cm³/mol. The lowest BCUT2D eigenvalue weighted by atomic mass is 10.1. The van der Waals surface area contributed by atoms with Gasteiger partial charge in [0.15, 0.2) is 23.5 Å². The van der Waals surface area contributed by atoms with E-state index in [-0.39, 0.29) is 11.5 Å². The molecule has 0 bridgehead atoms. The van der Waals surface area contributed by atoms with Gasteiger partial charge in [-0.1, -0.05) is 12.1 Å². The van der Waals surface area contributed by atoms with Crippen molar-refractivity contribution in [2.45, 2.75) is 13.1 Å². The van der Waals surface area contributed by atoms with E-state index in [0.29, 0.717) is 11.1 Å². The molecule has 8 heteroatoms. The summed E-state index contributed by atoms with van der Waals surface area (Å²) >= 11 is 1.26. The number of benzene rings is 1. The minimum atomic E-state index is -1.56. The summed E-state index contributed by atoms with van der Waals surface area (Å²) in [5.74, 6) is -0.530. The smallest absolute Gasteiger partial charge is 0.197 e. The lowest BCUT2D eigenvalue weighted by Crippen LogP contribution is -2.02. The van der Waals surface area contributed by atoms with E-state index in [0.717, 1.165) is 21.5 Å². The van der Waals surface area contributed by atoms with Gasteiger partial charge in [-0.3, -0.25) is 9.38 Å². The number of halogens is 2. The van der Waals surface area contributed by atoms with Gasteiger partial charge in [-0.15, -0.1) is 10.2 Å². The molecule has 0 radical (unpaired) electrons. The van der Waals surface area contributed by atoms with Crippen LogP contribution < -0.4 is 0 Å². The van der Waals surface area contributed by atoms with Gasteiger partial charge in [0.1, 0.15) is 0 Å². The molecular weight excluding hydrogens is 380 g/mol. The molecule has 0 amide bonds. The molecular formula is C20H13F2N5S. The van der Waals surface area contributed by atoms with Crippen LogP contribution in [0.1, 0.15) is 23.3 Å². The normalized spacial score (nSPS) is 12.7. The maximum atomic E-state index is 15.4. The molecule has 28 heavy (non-hydrogen) atoms. The van der Waals surface area contributed by atoms with Gasteiger partial charge in [0.05, 0.1) is 16.1 Å². The lowest BCUT2D eigenvalue weighted by molar-refractivity contribution is 0.381. The summed E-state index contributed by atoms with van der Waals surface area (Å²) < 4.78 is 35.5. The van der Waals surface area contributed by atoms with Crippen molar-refractivity contribution in [3.8, 4) is 10.4 Å². The summed E-state index contributed by atoms with van der Waals surface area (Å²) in [5, 5.41) is 8.59. The Morgan fingerprint density at radius 1 is 1.11 bits per heavy atom. The fourth-order valence-electron chi connectivity index (χ4n) is 3.18. The first kappa shape index (κ1) is 16.9. The van der Waals surface area contributed by atoms with Crippen LogP contribution in [0.3, 0.4) is 0 Å². The Bertz CT molecular complexity index is 1330. The molecule has 5 rings (SSSR count). The van der Waals surface area contributed by atoms with Crippen molar-refractivity contribution in [1.29, 1.82) is 0 Å². The zero-order valence-electron chi connectivity index (χ0n) is 14.7. The summed E-state index contributed by atoms with van der Waals surface area (Å²) in [7, 11) is 0. The van der Waals surface area contributed by atoms with E-state index >= 15 is 4.39 Å². The van der Waals surface area contributed by atoms with Gasteiger partial charge in [-0.05, 0) is 54.4 Å². The minimum absolute atomic E-state index is 0.00917. The van der Waals surface area contributed by atoms with E-state index in [9.17, 15) is 4.39 Å². The maximum Gasteiger partial charge on any atom is 0.197 e. The Labute approximate surface area is 162 Å². The number of alkyl halides is 1. The molecule has 0 aliphatic carbocycles. The van der Waals surface area contributed by atoms with E-state index in [1.807, 2.05) is 19.1 Å². The van der Waals surface area contributed by atoms with Crippen LogP contribution in [-0.4, -0.2) is 24.0 Å². The van der Waals surface area contributed by atoms with Gasteiger partial charge in [0, 0.05) is 23.3 Å². The van der Waals surface area contributed by atoms with Gasteiger partial charge in [0.25, 0.3) is 0 Å². The molecule has 1 unspecified atom stereocenters. The minimum Gasteiger partial charge on any atom is -0.281 e. The third-order valence-corrected chi connectivity index (χ3v) is 5.47. The van der Waals surface area contributed by atoms with Crippen LogP contribution in [-0.2, 0) is 0 Å². The molecule has 0 saturated carbocycles. The number of rotatable bonds is 3. The highest BCUT2D eigenvalue weighted by molar-refractivity contribution is 7.09. The number of aryl methyl sites for hydroxylation is 1. The summed E-state index contributed by atoms with van der Waals surface area (Å²) in [5.41, 5.74) is 2.63. The molecule has 1 aromatic carbocycles. The number of fused-ring (bicyclic) bond motifs is 2. The van der Waals surface area contributed by atoms with Crippen molar-refractivity contribution in [3.05, 3.63) is 77.8 Å². The average Bonchev–Trinajstić information content (AvgIpc) is 3.33. The van der Waals surface area contributed by atoms with Gasteiger partial charge >= 0.3 is 0 Å². The maximum absolute atomic E-state index is 15.4. The SMILES string of the molecule is Cc1cc(-c2cc(F)c3nnc(C(F)c4ccc5ncccc5c4)n3c2)sn1. The van der Waals surface area contributed by atoms with Crippen LogP contribution in [0.5, 0.6) is 0 Å². The van der Waals surface area contributed by atoms with Gasteiger partial charge < -0.3 is 0 Å². The molecule has 138 valence electrons.